The molecule has 0 aromatic heterocycles. The Morgan fingerprint density at radius 2 is 2.29 bits per heavy atom. The Balaban J connectivity index is 0.00000108. The van der Waals surface area contributed by atoms with Crippen molar-refractivity contribution in [2.75, 3.05) is 18.0 Å². The maximum Gasteiger partial charge on any atom is 0.151 e. The summed E-state index contributed by atoms with van der Waals surface area (Å²) in [5.74, 6) is -0.266. The summed E-state index contributed by atoms with van der Waals surface area (Å²) in [6.07, 6.45) is 1.10. The number of anilines is 1. The fraction of sp³-hybridized carbons (Fsp3) is 0.538. The van der Waals surface area contributed by atoms with Crippen LogP contribution >= 0.6 is 0 Å². The summed E-state index contributed by atoms with van der Waals surface area (Å²) in [5.41, 5.74) is 1.02. The number of benzene rings is 1. The van der Waals surface area contributed by atoms with E-state index in [1.165, 1.54) is 0 Å². The van der Waals surface area contributed by atoms with E-state index >= 15 is 0 Å². The highest BCUT2D eigenvalue weighted by Gasteiger charge is 2.38. The molecule has 1 aromatic rings. The Morgan fingerprint density at radius 1 is 1.47 bits per heavy atom. The molecule has 2 bridgehead atoms. The van der Waals surface area contributed by atoms with Crippen LogP contribution in [0, 0.1) is 5.82 Å². The number of piperazine rings is 1. The number of nitrogens with one attached hydrogen (secondary N) is 1. The molecule has 2 heterocycles. The third-order valence-corrected chi connectivity index (χ3v) is 3.59. The van der Waals surface area contributed by atoms with Crippen LogP contribution in [0.15, 0.2) is 18.2 Å². The zero-order valence-electron chi connectivity index (χ0n) is 8.99. The van der Waals surface area contributed by atoms with Gasteiger partial charge in [-0.05, 0) is 12.5 Å². The molecular weight excluding hydrogens is 219 g/mol. The number of halogens is 1. The van der Waals surface area contributed by atoms with Gasteiger partial charge in [0, 0.05) is 30.7 Å². The summed E-state index contributed by atoms with van der Waals surface area (Å²) >= 11 is 0. The highest BCUT2D eigenvalue weighted by Crippen LogP contribution is 2.32. The molecule has 0 saturated carbocycles. The minimum absolute atomic E-state index is 0. The fourth-order valence-electron chi connectivity index (χ4n) is 2.77. The lowest BCUT2D eigenvalue weighted by Gasteiger charge is -2.30. The molecule has 2 saturated heterocycles. The topological polar surface area (TPSA) is 35.5 Å². The largest absolute Gasteiger partial charge is 0.392 e. The first-order valence-electron chi connectivity index (χ1n) is 5.68. The van der Waals surface area contributed by atoms with Crippen LogP contribution in [-0.2, 0) is 6.61 Å². The van der Waals surface area contributed by atoms with E-state index in [-0.39, 0.29) is 19.9 Å². The van der Waals surface area contributed by atoms with Crippen molar-refractivity contribution >= 4 is 5.69 Å². The number of rotatable bonds is 2. The quantitative estimate of drug-likeness (QED) is 0.819. The van der Waals surface area contributed by atoms with E-state index in [0.717, 1.165) is 19.5 Å². The Kier molecular flexibility index (Phi) is 3.35. The number of aliphatic hydroxyl groups is 1. The van der Waals surface area contributed by atoms with Crippen LogP contribution in [0.1, 0.15) is 19.4 Å². The van der Waals surface area contributed by atoms with Crippen molar-refractivity contribution in [3.63, 3.8) is 0 Å². The Labute approximate surface area is 101 Å². The second-order valence-corrected chi connectivity index (χ2v) is 4.56. The zero-order valence-corrected chi connectivity index (χ0v) is 8.99. The standard InChI is InChI=1S/C12H15FN2O.CH4/c13-12-8(7-16)2-1-3-11(12)15-6-9-4-10(15)5-14-9;/h1-3,9-10,14,16H,4-7H2;1H4/t9-,10-;/m0./s1. The van der Waals surface area contributed by atoms with E-state index < -0.39 is 0 Å². The summed E-state index contributed by atoms with van der Waals surface area (Å²) in [6, 6.07) is 6.15. The van der Waals surface area contributed by atoms with Gasteiger partial charge < -0.3 is 15.3 Å². The van der Waals surface area contributed by atoms with Crippen molar-refractivity contribution in [1.82, 2.24) is 5.32 Å². The lowest BCUT2D eigenvalue weighted by Crippen LogP contribution is -2.44. The zero-order chi connectivity index (χ0) is 11.1. The predicted molar refractivity (Wildman–Crippen MR) is 66.6 cm³/mol. The van der Waals surface area contributed by atoms with E-state index in [4.69, 9.17) is 5.11 Å². The van der Waals surface area contributed by atoms with E-state index in [0.29, 0.717) is 23.3 Å². The number of hydrogen-bond acceptors (Lipinski definition) is 3. The van der Waals surface area contributed by atoms with Crippen LogP contribution in [0.2, 0.25) is 0 Å². The minimum Gasteiger partial charge on any atom is -0.392 e. The van der Waals surface area contributed by atoms with E-state index in [9.17, 15) is 4.39 Å². The highest BCUT2D eigenvalue weighted by molar-refractivity contribution is 5.53. The molecule has 17 heavy (non-hydrogen) atoms. The maximum atomic E-state index is 14.0. The van der Waals surface area contributed by atoms with Crippen molar-refractivity contribution in [1.29, 1.82) is 0 Å². The first kappa shape index (κ1) is 12.3. The summed E-state index contributed by atoms with van der Waals surface area (Å²) in [4.78, 5) is 2.12. The smallest absolute Gasteiger partial charge is 0.151 e. The second-order valence-electron chi connectivity index (χ2n) is 4.56. The van der Waals surface area contributed by atoms with Crippen LogP contribution in [-0.4, -0.2) is 30.3 Å². The molecule has 2 N–H and O–H groups in total. The molecule has 0 amide bonds. The molecule has 2 aliphatic rings. The van der Waals surface area contributed by atoms with Crippen LogP contribution in [0.4, 0.5) is 10.1 Å². The summed E-state index contributed by atoms with van der Waals surface area (Å²) in [5, 5.41) is 12.4. The SMILES string of the molecule is C.OCc1cccc(N2C[C@@H]3C[C@H]2CN3)c1F. The molecule has 0 radical (unpaired) electrons. The van der Waals surface area contributed by atoms with Gasteiger partial charge >= 0.3 is 0 Å². The predicted octanol–water partition coefficient (Wildman–Crippen LogP) is 1.50. The van der Waals surface area contributed by atoms with Crippen molar-refractivity contribution in [2.24, 2.45) is 0 Å². The molecular formula is C13H19FN2O. The molecule has 94 valence electrons. The minimum atomic E-state index is -0.266. The van der Waals surface area contributed by atoms with E-state index in [1.54, 1.807) is 12.1 Å². The maximum absolute atomic E-state index is 14.0. The first-order chi connectivity index (χ1) is 7.79. The van der Waals surface area contributed by atoms with Crippen LogP contribution in [0.5, 0.6) is 0 Å². The van der Waals surface area contributed by atoms with Gasteiger partial charge in [-0.15, -0.1) is 0 Å². The van der Waals surface area contributed by atoms with Gasteiger partial charge in [0.25, 0.3) is 0 Å². The third kappa shape index (κ3) is 1.91. The van der Waals surface area contributed by atoms with Crippen molar-refractivity contribution in [3.05, 3.63) is 29.6 Å². The molecule has 3 nitrogen and oxygen atoms in total. The normalized spacial score (nSPS) is 26.1. The lowest BCUT2D eigenvalue weighted by molar-refractivity contribution is 0.275. The van der Waals surface area contributed by atoms with Gasteiger partial charge in [0.15, 0.2) is 5.82 Å². The van der Waals surface area contributed by atoms with Gasteiger partial charge in [-0.3, -0.25) is 0 Å². The highest BCUT2D eigenvalue weighted by atomic mass is 19.1. The lowest BCUT2D eigenvalue weighted by atomic mass is 10.1. The molecule has 2 aliphatic heterocycles. The summed E-state index contributed by atoms with van der Waals surface area (Å²) in [6.45, 7) is 1.57. The molecule has 1 aromatic carbocycles. The molecule has 0 unspecified atom stereocenters. The Bertz CT molecular complexity index is 410. The number of aliphatic hydroxyl groups excluding tert-OH is 1. The number of hydrogen-bond donors (Lipinski definition) is 2. The van der Waals surface area contributed by atoms with Gasteiger partial charge in [0.05, 0.1) is 12.3 Å². The van der Waals surface area contributed by atoms with Gasteiger partial charge in [-0.2, -0.15) is 0 Å². The average molecular weight is 238 g/mol. The van der Waals surface area contributed by atoms with Crippen LogP contribution in [0.25, 0.3) is 0 Å². The molecule has 4 heteroatoms. The van der Waals surface area contributed by atoms with Gasteiger partial charge in [0.1, 0.15) is 0 Å². The Morgan fingerprint density at radius 3 is 2.88 bits per heavy atom. The molecule has 2 atom stereocenters. The van der Waals surface area contributed by atoms with Gasteiger partial charge in [-0.1, -0.05) is 19.6 Å². The third-order valence-electron chi connectivity index (χ3n) is 3.59. The van der Waals surface area contributed by atoms with E-state index in [1.807, 2.05) is 6.07 Å². The average Bonchev–Trinajstić information content (AvgIpc) is 2.91. The van der Waals surface area contributed by atoms with Crippen molar-refractivity contribution in [3.8, 4) is 0 Å². The van der Waals surface area contributed by atoms with Gasteiger partial charge in [0.2, 0.25) is 0 Å². The first-order valence-corrected chi connectivity index (χ1v) is 5.68. The van der Waals surface area contributed by atoms with Crippen LogP contribution < -0.4 is 10.2 Å². The molecule has 0 spiro atoms. The van der Waals surface area contributed by atoms with E-state index in [2.05, 4.69) is 10.2 Å². The monoisotopic (exact) mass is 238 g/mol. The number of nitrogens with zero attached hydrogens (tertiary/aromatic N) is 1. The summed E-state index contributed by atoms with van der Waals surface area (Å²) < 4.78 is 14.0. The molecule has 2 fully saturated rings. The fourth-order valence-corrected chi connectivity index (χ4v) is 2.77. The molecule has 3 rings (SSSR count). The Hall–Kier alpha value is -1.13. The van der Waals surface area contributed by atoms with Crippen molar-refractivity contribution in [2.45, 2.75) is 32.5 Å². The van der Waals surface area contributed by atoms with Crippen molar-refractivity contribution < 1.29 is 9.50 Å². The second kappa shape index (κ2) is 4.63. The van der Waals surface area contributed by atoms with Crippen LogP contribution in [0.3, 0.4) is 0 Å². The van der Waals surface area contributed by atoms with Gasteiger partial charge in [-0.25, -0.2) is 4.39 Å². The summed E-state index contributed by atoms with van der Waals surface area (Å²) in [7, 11) is 0. The number of fused-ring (bicyclic) bond motifs is 2. The molecule has 0 aliphatic carbocycles.